The average molecular weight is 275 g/mol. The molecule has 0 aromatic carbocycles. The maximum absolute atomic E-state index is 11.8. The lowest BCUT2D eigenvalue weighted by atomic mass is 10.0. The summed E-state index contributed by atoms with van der Waals surface area (Å²) in [4.78, 5) is 16.0. The molecule has 0 spiro atoms. The molecular weight excluding hydrogens is 258 g/mol. The van der Waals surface area contributed by atoms with Crippen LogP contribution in [0, 0.1) is 12.8 Å². The average Bonchev–Trinajstić information content (AvgIpc) is 2.91. The van der Waals surface area contributed by atoms with Crippen LogP contribution >= 0.6 is 0 Å². The van der Waals surface area contributed by atoms with Gasteiger partial charge in [-0.15, -0.1) is 0 Å². The fourth-order valence-electron chi connectivity index (χ4n) is 1.82. The summed E-state index contributed by atoms with van der Waals surface area (Å²) in [6.45, 7) is 2.06. The molecule has 0 saturated carbocycles. The molecule has 20 heavy (non-hydrogen) atoms. The van der Waals surface area contributed by atoms with Gasteiger partial charge in [0.15, 0.2) is 5.69 Å². The first-order valence-corrected chi connectivity index (χ1v) is 6.41. The number of hydrogen-bond acceptors (Lipinski definition) is 5. The molecule has 0 aliphatic carbocycles. The zero-order valence-corrected chi connectivity index (χ0v) is 11.2. The van der Waals surface area contributed by atoms with E-state index in [1.165, 1.54) is 0 Å². The van der Waals surface area contributed by atoms with Crippen LogP contribution in [0.5, 0.6) is 0 Å². The Kier molecular flexibility index (Phi) is 4.84. The van der Waals surface area contributed by atoms with Crippen LogP contribution in [-0.2, 0) is 6.42 Å². The van der Waals surface area contributed by atoms with Crippen LogP contribution in [0.25, 0.3) is 0 Å². The minimum atomic E-state index is -0.304. The van der Waals surface area contributed by atoms with Gasteiger partial charge in [-0.3, -0.25) is 9.78 Å². The van der Waals surface area contributed by atoms with Gasteiger partial charge in [0.05, 0.1) is 0 Å². The Morgan fingerprint density at radius 3 is 2.95 bits per heavy atom. The maximum atomic E-state index is 11.8. The third-order valence-electron chi connectivity index (χ3n) is 2.89. The number of rotatable bonds is 6. The first kappa shape index (κ1) is 14.2. The molecule has 0 bridgehead atoms. The Morgan fingerprint density at radius 1 is 1.50 bits per heavy atom. The Hall–Kier alpha value is -2.21. The summed E-state index contributed by atoms with van der Waals surface area (Å²) in [5, 5.41) is 15.7. The van der Waals surface area contributed by atoms with Crippen molar-refractivity contribution in [2.75, 3.05) is 13.2 Å². The van der Waals surface area contributed by atoms with Crippen LogP contribution in [0.15, 0.2) is 35.0 Å². The highest BCUT2D eigenvalue weighted by Crippen LogP contribution is 2.06. The van der Waals surface area contributed by atoms with E-state index in [1.807, 2.05) is 18.2 Å². The van der Waals surface area contributed by atoms with Crippen molar-refractivity contribution in [1.29, 1.82) is 0 Å². The van der Waals surface area contributed by atoms with Gasteiger partial charge < -0.3 is 14.9 Å². The van der Waals surface area contributed by atoms with Gasteiger partial charge in [-0.05, 0) is 25.5 Å². The zero-order valence-electron chi connectivity index (χ0n) is 11.2. The van der Waals surface area contributed by atoms with Gasteiger partial charge in [0, 0.05) is 37.0 Å². The van der Waals surface area contributed by atoms with Gasteiger partial charge in [0.1, 0.15) is 5.76 Å². The first-order valence-electron chi connectivity index (χ1n) is 6.41. The minimum Gasteiger partial charge on any atom is -0.396 e. The predicted octanol–water partition coefficient (Wildman–Crippen LogP) is 0.959. The Balaban J connectivity index is 1.86. The second-order valence-corrected chi connectivity index (χ2v) is 4.61. The van der Waals surface area contributed by atoms with Crippen molar-refractivity contribution in [2.45, 2.75) is 13.3 Å². The molecule has 0 radical (unpaired) electrons. The molecule has 0 fully saturated rings. The monoisotopic (exact) mass is 275 g/mol. The van der Waals surface area contributed by atoms with Crippen LogP contribution < -0.4 is 5.32 Å². The van der Waals surface area contributed by atoms with E-state index in [9.17, 15) is 9.90 Å². The first-order chi connectivity index (χ1) is 9.69. The third-order valence-corrected chi connectivity index (χ3v) is 2.89. The van der Waals surface area contributed by atoms with E-state index >= 15 is 0 Å². The normalized spacial score (nSPS) is 12.1. The molecule has 2 heterocycles. The predicted molar refractivity (Wildman–Crippen MR) is 72.1 cm³/mol. The highest BCUT2D eigenvalue weighted by Gasteiger charge is 2.14. The summed E-state index contributed by atoms with van der Waals surface area (Å²) in [6.07, 6.45) is 2.32. The van der Waals surface area contributed by atoms with Crippen molar-refractivity contribution in [3.05, 3.63) is 47.6 Å². The fourth-order valence-corrected chi connectivity index (χ4v) is 1.82. The number of aromatic nitrogens is 2. The molecule has 1 atom stereocenters. The fraction of sp³-hybridized carbons (Fsp3) is 0.357. The van der Waals surface area contributed by atoms with E-state index in [0.717, 1.165) is 5.69 Å². The number of nitrogens with one attached hydrogen (secondary N) is 1. The molecule has 0 aliphatic heterocycles. The molecule has 0 aliphatic rings. The van der Waals surface area contributed by atoms with E-state index in [0.29, 0.717) is 18.7 Å². The molecule has 2 aromatic rings. The van der Waals surface area contributed by atoms with Crippen molar-refractivity contribution >= 4 is 5.91 Å². The van der Waals surface area contributed by atoms with Gasteiger partial charge in [-0.1, -0.05) is 11.2 Å². The number of carbonyl (C=O) groups is 1. The molecule has 1 unspecified atom stereocenters. The summed E-state index contributed by atoms with van der Waals surface area (Å²) in [5.74, 6) is 0.200. The molecule has 106 valence electrons. The Bertz CT molecular complexity index is 554. The van der Waals surface area contributed by atoms with Crippen LogP contribution in [-0.4, -0.2) is 34.3 Å². The summed E-state index contributed by atoms with van der Waals surface area (Å²) in [7, 11) is 0. The lowest BCUT2D eigenvalue weighted by Crippen LogP contribution is -2.32. The summed E-state index contributed by atoms with van der Waals surface area (Å²) in [5.41, 5.74) is 1.13. The van der Waals surface area contributed by atoms with Crippen LogP contribution in [0.2, 0.25) is 0 Å². The van der Waals surface area contributed by atoms with Crippen molar-refractivity contribution < 1.29 is 14.4 Å². The Morgan fingerprint density at radius 2 is 2.35 bits per heavy atom. The van der Waals surface area contributed by atoms with E-state index in [4.69, 9.17) is 4.52 Å². The number of aryl methyl sites for hydroxylation is 1. The van der Waals surface area contributed by atoms with Crippen molar-refractivity contribution in [1.82, 2.24) is 15.5 Å². The number of amides is 1. The standard InChI is InChI=1S/C14H17N3O3/c1-10-6-13(17-20-10)14(19)16-8-11(9-18)7-12-4-2-3-5-15-12/h2-6,11,18H,7-9H2,1H3,(H,16,19). The highest BCUT2D eigenvalue weighted by atomic mass is 16.5. The smallest absolute Gasteiger partial charge is 0.273 e. The second-order valence-electron chi connectivity index (χ2n) is 4.61. The van der Waals surface area contributed by atoms with E-state index < -0.39 is 0 Å². The number of aliphatic hydroxyl groups excluding tert-OH is 1. The van der Waals surface area contributed by atoms with Crippen molar-refractivity contribution in [3.8, 4) is 0 Å². The van der Waals surface area contributed by atoms with Crippen molar-refractivity contribution in [2.24, 2.45) is 5.92 Å². The van der Waals surface area contributed by atoms with Crippen LogP contribution in [0.4, 0.5) is 0 Å². The van der Waals surface area contributed by atoms with E-state index in [2.05, 4.69) is 15.5 Å². The summed E-state index contributed by atoms with van der Waals surface area (Å²) in [6, 6.07) is 7.20. The largest absolute Gasteiger partial charge is 0.396 e. The number of hydrogen-bond donors (Lipinski definition) is 2. The topological polar surface area (TPSA) is 88.2 Å². The molecular formula is C14H17N3O3. The molecule has 2 N–H and O–H groups in total. The molecule has 1 amide bonds. The number of carbonyl (C=O) groups excluding carboxylic acids is 1. The van der Waals surface area contributed by atoms with Gasteiger partial charge in [0.2, 0.25) is 0 Å². The molecule has 6 heteroatoms. The van der Waals surface area contributed by atoms with Crippen LogP contribution in [0.1, 0.15) is 21.9 Å². The summed E-state index contributed by atoms with van der Waals surface area (Å²) < 4.78 is 4.84. The molecule has 0 saturated heterocycles. The second kappa shape index (κ2) is 6.81. The van der Waals surface area contributed by atoms with Gasteiger partial charge in [0.25, 0.3) is 5.91 Å². The zero-order chi connectivity index (χ0) is 14.4. The lowest BCUT2D eigenvalue weighted by Gasteiger charge is -2.13. The number of nitrogens with zero attached hydrogens (tertiary/aromatic N) is 2. The van der Waals surface area contributed by atoms with Gasteiger partial charge in [-0.25, -0.2) is 0 Å². The van der Waals surface area contributed by atoms with E-state index in [-0.39, 0.29) is 24.1 Å². The quantitative estimate of drug-likeness (QED) is 0.819. The lowest BCUT2D eigenvalue weighted by molar-refractivity contribution is 0.0930. The van der Waals surface area contributed by atoms with E-state index in [1.54, 1.807) is 19.2 Å². The van der Waals surface area contributed by atoms with Crippen LogP contribution in [0.3, 0.4) is 0 Å². The maximum Gasteiger partial charge on any atom is 0.273 e. The third kappa shape index (κ3) is 3.89. The molecule has 6 nitrogen and oxygen atoms in total. The number of aliphatic hydroxyl groups is 1. The summed E-state index contributed by atoms with van der Waals surface area (Å²) >= 11 is 0. The highest BCUT2D eigenvalue weighted by molar-refractivity contribution is 5.92. The SMILES string of the molecule is Cc1cc(C(=O)NCC(CO)Cc2ccccn2)no1. The number of pyridine rings is 1. The van der Waals surface area contributed by atoms with Crippen molar-refractivity contribution in [3.63, 3.8) is 0 Å². The molecule has 2 aromatic heterocycles. The van der Waals surface area contributed by atoms with Gasteiger partial charge >= 0.3 is 0 Å². The minimum absolute atomic E-state index is 0.0191. The molecule has 2 rings (SSSR count). The Labute approximate surface area is 116 Å². The van der Waals surface area contributed by atoms with Gasteiger partial charge in [-0.2, -0.15) is 0 Å².